The molecule has 1 aromatic carbocycles. The number of piperidine rings is 2. The fourth-order valence-corrected chi connectivity index (χ4v) is 4.18. The van der Waals surface area contributed by atoms with Gasteiger partial charge in [0, 0.05) is 31.2 Å². The van der Waals surface area contributed by atoms with E-state index < -0.39 is 0 Å². The Kier molecular flexibility index (Phi) is 5.60. The van der Waals surface area contributed by atoms with Crippen LogP contribution in [-0.4, -0.2) is 47.9 Å². The molecule has 24 heavy (non-hydrogen) atoms. The van der Waals surface area contributed by atoms with Crippen LogP contribution >= 0.6 is 0 Å². The number of benzene rings is 1. The van der Waals surface area contributed by atoms with Gasteiger partial charge in [-0.2, -0.15) is 0 Å². The van der Waals surface area contributed by atoms with Gasteiger partial charge in [0.15, 0.2) is 0 Å². The Morgan fingerprint density at radius 3 is 2.29 bits per heavy atom. The summed E-state index contributed by atoms with van der Waals surface area (Å²) in [5.74, 6) is 1.55. The normalized spacial score (nSPS) is 23.7. The van der Waals surface area contributed by atoms with Crippen LogP contribution in [0.15, 0.2) is 24.3 Å². The predicted octanol–water partition coefficient (Wildman–Crippen LogP) is 4.15. The van der Waals surface area contributed by atoms with Crippen molar-refractivity contribution in [3.8, 4) is 0 Å². The van der Waals surface area contributed by atoms with Gasteiger partial charge in [0.1, 0.15) is 0 Å². The van der Waals surface area contributed by atoms with Crippen LogP contribution in [0.3, 0.4) is 0 Å². The lowest BCUT2D eigenvalue weighted by Gasteiger charge is -2.41. The largest absolute Gasteiger partial charge is 0.339 e. The van der Waals surface area contributed by atoms with E-state index in [1.54, 1.807) is 0 Å². The molecular weight excluding hydrogens is 296 g/mol. The number of carbonyl (C=O) groups is 1. The molecule has 0 saturated carbocycles. The van der Waals surface area contributed by atoms with Crippen molar-refractivity contribution in [3.63, 3.8) is 0 Å². The van der Waals surface area contributed by atoms with E-state index in [9.17, 15) is 4.79 Å². The smallest absolute Gasteiger partial charge is 0.253 e. The minimum absolute atomic E-state index is 0.204. The summed E-state index contributed by atoms with van der Waals surface area (Å²) in [4.78, 5) is 17.5. The quantitative estimate of drug-likeness (QED) is 0.832. The first-order chi connectivity index (χ1) is 11.5. The molecule has 2 fully saturated rings. The minimum Gasteiger partial charge on any atom is -0.339 e. The first-order valence-corrected chi connectivity index (χ1v) is 9.68. The summed E-state index contributed by atoms with van der Waals surface area (Å²) in [6.07, 6.45) is 4.97. The first kappa shape index (κ1) is 17.5. The lowest BCUT2D eigenvalue weighted by molar-refractivity contribution is 0.0542. The van der Waals surface area contributed by atoms with Crippen LogP contribution < -0.4 is 0 Å². The topological polar surface area (TPSA) is 23.6 Å². The van der Waals surface area contributed by atoms with Crippen LogP contribution in [0.2, 0.25) is 0 Å². The molecule has 3 heteroatoms. The van der Waals surface area contributed by atoms with Gasteiger partial charge >= 0.3 is 0 Å². The zero-order valence-electron chi connectivity index (χ0n) is 15.5. The van der Waals surface area contributed by atoms with E-state index in [4.69, 9.17) is 0 Å². The van der Waals surface area contributed by atoms with Crippen molar-refractivity contribution in [2.75, 3.05) is 26.2 Å². The van der Waals surface area contributed by atoms with Crippen LogP contribution in [0.4, 0.5) is 0 Å². The Bertz CT molecular complexity index is 543. The molecule has 2 heterocycles. The van der Waals surface area contributed by atoms with Crippen LogP contribution in [0.25, 0.3) is 0 Å². The Morgan fingerprint density at radius 2 is 1.71 bits per heavy atom. The molecule has 132 valence electrons. The van der Waals surface area contributed by atoms with Gasteiger partial charge in [-0.25, -0.2) is 0 Å². The van der Waals surface area contributed by atoms with E-state index in [0.29, 0.717) is 12.0 Å². The third-order valence-electron chi connectivity index (χ3n) is 5.78. The van der Waals surface area contributed by atoms with Gasteiger partial charge in [-0.1, -0.05) is 32.9 Å². The molecule has 1 atom stereocenters. The molecule has 0 radical (unpaired) electrons. The number of hydrogen-bond donors (Lipinski definition) is 0. The highest BCUT2D eigenvalue weighted by Gasteiger charge is 2.29. The van der Waals surface area contributed by atoms with Crippen LogP contribution in [0.5, 0.6) is 0 Å². The molecule has 1 unspecified atom stereocenters. The van der Waals surface area contributed by atoms with E-state index in [1.165, 1.54) is 31.5 Å². The Morgan fingerprint density at radius 1 is 1.04 bits per heavy atom. The SMILES string of the molecule is CC1CCCN(C2CCN(C(=O)c3ccc(C(C)C)cc3)CC2)C1. The third-order valence-corrected chi connectivity index (χ3v) is 5.78. The van der Waals surface area contributed by atoms with Crippen molar-refractivity contribution in [2.45, 2.75) is 58.4 Å². The molecule has 2 aliphatic rings. The summed E-state index contributed by atoms with van der Waals surface area (Å²) in [6, 6.07) is 8.87. The van der Waals surface area contributed by atoms with Gasteiger partial charge in [-0.05, 0) is 61.8 Å². The number of hydrogen-bond acceptors (Lipinski definition) is 2. The second-order valence-corrected chi connectivity index (χ2v) is 8.04. The van der Waals surface area contributed by atoms with E-state index in [2.05, 4.69) is 37.8 Å². The highest BCUT2D eigenvalue weighted by molar-refractivity contribution is 5.94. The van der Waals surface area contributed by atoms with Gasteiger partial charge in [0.25, 0.3) is 5.91 Å². The number of rotatable bonds is 3. The van der Waals surface area contributed by atoms with Gasteiger partial charge in [-0.3, -0.25) is 9.69 Å². The molecule has 3 rings (SSSR count). The molecule has 0 aliphatic carbocycles. The lowest BCUT2D eigenvalue weighted by Crippen LogP contribution is -2.49. The van der Waals surface area contributed by atoms with E-state index in [0.717, 1.165) is 37.4 Å². The molecule has 1 aromatic rings. The summed E-state index contributed by atoms with van der Waals surface area (Å²) in [5.41, 5.74) is 2.13. The Balaban J connectivity index is 1.55. The van der Waals surface area contributed by atoms with Crippen molar-refractivity contribution in [2.24, 2.45) is 5.92 Å². The van der Waals surface area contributed by atoms with Crippen LogP contribution in [-0.2, 0) is 0 Å². The number of nitrogens with zero attached hydrogens (tertiary/aromatic N) is 2. The zero-order chi connectivity index (χ0) is 17.1. The van der Waals surface area contributed by atoms with Crippen molar-refractivity contribution in [3.05, 3.63) is 35.4 Å². The monoisotopic (exact) mass is 328 g/mol. The van der Waals surface area contributed by atoms with E-state index >= 15 is 0 Å². The molecule has 0 aromatic heterocycles. The van der Waals surface area contributed by atoms with Gasteiger partial charge in [0.2, 0.25) is 0 Å². The molecule has 3 nitrogen and oxygen atoms in total. The van der Waals surface area contributed by atoms with Crippen LogP contribution in [0.1, 0.15) is 68.3 Å². The average molecular weight is 329 g/mol. The minimum atomic E-state index is 0.204. The van der Waals surface area contributed by atoms with Gasteiger partial charge < -0.3 is 4.90 Å². The maximum atomic E-state index is 12.7. The molecule has 0 bridgehead atoms. The molecular formula is C21H32N2O. The van der Waals surface area contributed by atoms with E-state index in [1.807, 2.05) is 17.0 Å². The molecule has 2 aliphatic heterocycles. The van der Waals surface area contributed by atoms with E-state index in [-0.39, 0.29) is 5.91 Å². The lowest BCUT2D eigenvalue weighted by atomic mass is 9.95. The summed E-state index contributed by atoms with van der Waals surface area (Å²) < 4.78 is 0. The highest BCUT2D eigenvalue weighted by Crippen LogP contribution is 2.24. The zero-order valence-corrected chi connectivity index (χ0v) is 15.5. The highest BCUT2D eigenvalue weighted by atomic mass is 16.2. The fourth-order valence-electron chi connectivity index (χ4n) is 4.18. The van der Waals surface area contributed by atoms with Crippen molar-refractivity contribution >= 4 is 5.91 Å². The number of amides is 1. The van der Waals surface area contributed by atoms with Crippen LogP contribution in [0, 0.1) is 5.92 Å². The standard InChI is InChI=1S/C21H32N2O/c1-16(2)18-6-8-19(9-7-18)21(24)22-13-10-20(11-14-22)23-12-4-5-17(3)15-23/h6-9,16-17,20H,4-5,10-15H2,1-3H3. The van der Waals surface area contributed by atoms with Crippen molar-refractivity contribution in [1.82, 2.24) is 9.80 Å². The number of likely N-dealkylation sites (tertiary alicyclic amines) is 2. The molecule has 1 amide bonds. The summed E-state index contributed by atoms with van der Waals surface area (Å²) in [5, 5.41) is 0. The maximum absolute atomic E-state index is 12.7. The van der Waals surface area contributed by atoms with Gasteiger partial charge in [-0.15, -0.1) is 0 Å². The average Bonchev–Trinajstić information content (AvgIpc) is 2.61. The summed E-state index contributed by atoms with van der Waals surface area (Å²) >= 11 is 0. The third kappa shape index (κ3) is 4.00. The van der Waals surface area contributed by atoms with Crippen molar-refractivity contribution in [1.29, 1.82) is 0 Å². The summed E-state index contributed by atoms with van der Waals surface area (Å²) in [7, 11) is 0. The first-order valence-electron chi connectivity index (χ1n) is 9.68. The Labute approximate surface area is 147 Å². The Hall–Kier alpha value is -1.35. The fraction of sp³-hybridized carbons (Fsp3) is 0.667. The molecule has 0 spiro atoms. The second-order valence-electron chi connectivity index (χ2n) is 8.04. The molecule has 2 saturated heterocycles. The van der Waals surface area contributed by atoms with Gasteiger partial charge in [0.05, 0.1) is 0 Å². The molecule has 0 N–H and O–H groups in total. The predicted molar refractivity (Wildman–Crippen MR) is 99.4 cm³/mol. The summed E-state index contributed by atoms with van der Waals surface area (Å²) in [6.45, 7) is 11.0. The number of carbonyl (C=O) groups excluding carboxylic acids is 1. The second kappa shape index (κ2) is 7.69. The van der Waals surface area contributed by atoms with Crippen molar-refractivity contribution < 1.29 is 4.79 Å². The maximum Gasteiger partial charge on any atom is 0.253 e.